The molecule has 0 unspecified atom stereocenters. The molecule has 0 aliphatic rings. The molecular weight excluding hydrogens is 360 g/mol. The summed E-state index contributed by atoms with van der Waals surface area (Å²) in [5, 5.41) is 4.44. The van der Waals surface area contributed by atoms with E-state index in [1.165, 1.54) is 22.5 Å². The number of benzene rings is 1. The molecule has 6 nitrogen and oxygen atoms in total. The Bertz CT molecular complexity index is 1080. The van der Waals surface area contributed by atoms with E-state index in [0.29, 0.717) is 17.4 Å². The molecule has 0 spiro atoms. The van der Waals surface area contributed by atoms with Gasteiger partial charge in [0.05, 0.1) is 28.1 Å². The number of rotatable bonds is 4. The summed E-state index contributed by atoms with van der Waals surface area (Å²) in [5.74, 6) is -0.0937. The summed E-state index contributed by atoms with van der Waals surface area (Å²) >= 11 is 1.48. The van der Waals surface area contributed by atoms with Gasteiger partial charge in [-0.3, -0.25) is 14.7 Å². The Morgan fingerprint density at radius 3 is 2.67 bits per heavy atom. The van der Waals surface area contributed by atoms with E-state index in [-0.39, 0.29) is 11.7 Å². The number of aryl methyl sites for hydroxylation is 3. The number of anilines is 1. The predicted molar refractivity (Wildman–Crippen MR) is 105 cm³/mol. The molecule has 0 saturated carbocycles. The van der Waals surface area contributed by atoms with Crippen molar-refractivity contribution in [2.24, 2.45) is 0 Å². The number of pyridine rings is 1. The molecule has 0 fully saturated rings. The maximum Gasteiger partial charge on any atom is 0.299 e. The molecule has 136 valence electrons. The Balaban J connectivity index is 1.78. The van der Waals surface area contributed by atoms with Crippen molar-refractivity contribution in [3.8, 4) is 0 Å². The fourth-order valence-corrected chi connectivity index (χ4v) is 3.80. The van der Waals surface area contributed by atoms with Gasteiger partial charge in [0.1, 0.15) is 0 Å². The highest BCUT2D eigenvalue weighted by Gasteiger charge is 2.25. The van der Waals surface area contributed by atoms with Crippen molar-refractivity contribution in [1.29, 1.82) is 0 Å². The van der Waals surface area contributed by atoms with Gasteiger partial charge in [0.2, 0.25) is 5.76 Å². The molecule has 0 atom stereocenters. The van der Waals surface area contributed by atoms with Gasteiger partial charge in [0.25, 0.3) is 5.91 Å². The van der Waals surface area contributed by atoms with E-state index < -0.39 is 0 Å². The summed E-state index contributed by atoms with van der Waals surface area (Å²) in [5.41, 5.74) is 4.69. The van der Waals surface area contributed by atoms with Gasteiger partial charge in [0.15, 0.2) is 5.13 Å². The normalized spacial score (nSPS) is 11.1. The molecule has 0 N–H and O–H groups in total. The first-order chi connectivity index (χ1) is 13.0. The van der Waals surface area contributed by atoms with Crippen molar-refractivity contribution in [1.82, 2.24) is 15.1 Å². The van der Waals surface area contributed by atoms with Crippen LogP contribution < -0.4 is 4.90 Å². The van der Waals surface area contributed by atoms with E-state index in [1.54, 1.807) is 24.1 Å². The topological polar surface area (TPSA) is 72.1 Å². The smallest absolute Gasteiger partial charge is 0.299 e. The van der Waals surface area contributed by atoms with Crippen molar-refractivity contribution in [3.05, 3.63) is 70.9 Å². The molecule has 27 heavy (non-hydrogen) atoms. The molecule has 3 heterocycles. The largest absolute Gasteiger partial charge is 0.351 e. The van der Waals surface area contributed by atoms with Crippen LogP contribution >= 0.6 is 11.3 Å². The second kappa shape index (κ2) is 6.92. The van der Waals surface area contributed by atoms with Gasteiger partial charge in [-0.2, -0.15) is 0 Å². The number of fused-ring (bicyclic) bond motifs is 1. The van der Waals surface area contributed by atoms with Crippen LogP contribution in [-0.4, -0.2) is 21.0 Å². The zero-order valence-corrected chi connectivity index (χ0v) is 16.1. The second-order valence-corrected chi connectivity index (χ2v) is 7.45. The Hall–Kier alpha value is -3.06. The lowest BCUT2D eigenvalue weighted by Gasteiger charge is -2.17. The van der Waals surface area contributed by atoms with Crippen molar-refractivity contribution >= 4 is 32.6 Å². The number of amides is 1. The first kappa shape index (κ1) is 17.4. The van der Waals surface area contributed by atoms with Gasteiger partial charge >= 0.3 is 0 Å². The number of hydrogen-bond donors (Lipinski definition) is 0. The average molecular weight is 378 g/mol. The fourth-order valence-electron chi connectivity index (χ4n) is 2.76. The lowest BCUT2D eigenvalue weighted by Crippen LogP contribution is -2.30. The van der Waals surface area contributed by atoms with Crippen molar-refractivity contribution in [2.45, 2.75) is 27.3 Å². The quantitative estimate of drug-likeness (QED) is 0.524. The molecule has 4 aromatic rings. The average Bonchev–Trinajstić information content (AvgIpc) is 3.26. The third-order valence-electron chi connectivity index (χ3n) is 4.35. The summed E-state index contributed by atoms with van der Waals surface area (Å²) < 4.78 is 6.24. The third kappa shape index (κ3) is 3.46. The van der Waals surface area contributed by atoms with Crippen LogP contribution in [0.1, 0.15) is 33.1 Å². The van der Waals surface area contributed by atoms with Crippen LogP contribution in [0.25, 0.3) is 10.2 Å². The lowest BCUT2D eigenvalue weighted by atomic mass is 10.1. The number of hydrogen-bond acceptors (Lipinski definition) is 6. The molecule has 0 aliphatic heterocycles. The monoisotopic (exact) mass is 378 g/mol. The van der Waals surface area contributed by atoms with Crippen LogP contribution in [0.5, 0.6) is 0 Å². The molecule has 0 aliphatic carbocycles. The van der Waals surface area contributed by atoms with Gasteiger partial charge in [-0.05, 0) is 56.2 Å². The number of thiazole rings is 1. The van der Waals surface area contributed by atoms with Crippen LogP contribution in [-0.2, 0) is 6.54 Å². The molecule has 7 heteroatoms. The Morgan fingerprint density at radius 2 is 1.96 bits per heavy atom. The first-order valence-corrected chi connectivity index (χ1v) is 9.36. The van der Waals surface area contributed by atoms with Crippen LogP contribution in [0.3, 0.4) is 0 Å². The summed E-state index contributed by atoms with van der Waals surface area (Å²) in [6.07, 6.45) is 1.71. The molecule has 3 aromatic heterocycles. The summed E-state index contributed by atoms with van der Waals surface area (Å²) in [4.78, 5) is 23.7. The summed E-state index contributed by atoms with van der Waals surface area (Å²) in [6, 6.07) is 11.4. The predicted octanol–water partition coefficient (Wildman–Crippen LogP) is 4.45. The van der Waals surface area contributed by atoms with Crippen LogP contribution in [0.2, 0.25) is 0 Å². The fraction of sp³-hybridized carbons (Fsp3) is 0.200. The zero-order chi connectivity index (χ0) is 19.0. The molecule has 4 rings (SSSR count). The molecule has 0 radical (unpaired) electrons. The van der Waals surface area contributed by atoms with Gasteiger partial charge in [-0.1, -0.05) is 22.6 Å². The second-order valence-electron chi connectivity index (χ2n) is 6.45. The highest BCUT2D eigenvalue weighted by molar-refractivity contribution is 7.22. The maximum absolute atomic E-state index is 13.1. The molecule has 1 aromatic carbocycles. The number of carbonyl (C=O) groups is 1. The van der Waals surface area contributed by atoms with E-state index in [2.05, 4.69) is 30.1 Å². The van der Waals surface area contributed by atoms with Gasteiger partial charge in [-0.25, -0.2) is 4.98 Å². The number of aromatic nitrogens is 3. The van der Waals surface area contributed by atoms with E-state index in [9.17, 15) is 4.79 Å². The maximum atomic E-state index is 13.1. The van der Waals surface area contributed by atoms with Crippen LogP contribution in [0, 0.1) is 20.8 Å². The van der Waals surface area contributed by atoms with Gasteiger partial charge in [0, 0.05) is 12.3 Å². The zero-order valence-electron chi connectivity index (χ0n) is 15.3. The first-order valence-electron chi connectivity index (χ1n) is 8.54. The van der Waals surface area contributed by atoms with Crippen molar-refractivity contribution in [3.63, 3.8) is 0 Å². The highest BCUT2D eigenvalue weighted by atomic mass is 32.1. The van der Waals surface area contributed by atoms with Crippen LogP contribution in [0.4, 0.5) is 5.13 Å². The van der Waals surface area contributed by atoms with E-state index in [1.807, 2.05) is 24.3 Å². The standard InChI is InChI=1S/C20H18N4O2S/c1-12-8-16-18(9-13(12)2)27-20(22-16)24(11-15-6-4-5-7-21-15)19(25)17-10-14(3)23-26-17/h4-10H,11H2,1-3H3. The number of nitrogens with zero attached hydrogens (tertiary/aromatic N) is 4. The minimum atomic E-state index is -0.284. The highest BCUT2D eigenvalue weighted by Crippen LogP contribution is 2.32. The molecule has 1 amide bonds. The van der Waals surface area contributed by atoms with Gasteiger partial charge in [-0.15, -0.1) is 0 Å². The molecule has 0 bridgehead atoms. The van der Waals surface area contributed by atoms with E-state index in [0.717, 1.165) is 15.9 Å². The summed E-state index contributed by atoms with van der Waals surface area (Å²) in [7, 11) is 0. The van der Waals surface area contributed by atoms with Crippen molar-refractivity contribution < 1.29 is 9.32 Å². The SMILES string of the molecule is Cc1cc(C(=O)N(Cc2ccccn2)c2nc3cc(C)c(C)cc3s2)on1. The molecule has 0 saturated heterocycles. The Morgan fingerprint density at radius 1 is 1.15 bits per heavy atom. The molecular formula is C20H18N4O2S. The number of carbonyl (C=O) groups excluding carboxylic acids is 1. The Labute approximate surface area is 160 Å². The van der Waals surface area contributed by atoms with Gasteiger partial charge < -0.3 is 4.52 Å². The van der Waals surface area contributed by atoms with Crippen molar-refractivity contribution in [2.75, 3.05) is 4.90 Å². The minimum Gasteiger partial charge on any atom is -0.351 e. The Kier molecular flexibility index (Phi) is 4.45. The minimum absolute atomic E-state index is 0.190. The van der Waals surface area contributed by atoms with E-state index >= 15 is 0 Å². The third-order valence-corrected chi connectivity index (χ3v) is 5.39. The van der Waals surface area contributed by atoms with E-state index in [4.69, 9.17) is 9.51 Å². The van der Waals surface area contributed by atoms with Crippen LogP contribution in [0.15, 0.2) is 47.1 Å². The lowest BCUT2D eigenvalue weighted by molar-refractivity contribution is 0.0949. The summed E-state index contributed by atoms with van der Waals surface area (Å²) in [6.45, 7) is 6.22.